The van der Waals surface area contributed by atoms with Crippen molar-refractivity contribution >= 4 is 39.2 Å². The molecule has 0 atom stereocenters. The number of rotatable bonds is 5. The number of sulfonamides is 1. The number of benzene rings is 1. The van der Waals surface area contributed by atoms with Crippen molar-refractivity contribution in [1.29, 1.82) is 0 Å². The second kappa shape index (κ2) is 6.10. The molecule has 6 nitrogen and oxygen atoms in total. The summed E-state index contributed by atoms with van der Waals surface area (Å²) in [5.41, 5.74) is -1.73. The van der Waals surface area contributed by atoms with Gasteiger partial charge in [0.15, 0.2) is 0 Å². The van der Waals surface area contributed by atoms with Gasteiger partial charge in [-0.25, -0.2) is 13.2 Å². The lowest BCUT2D eigenvalue weighted by Gasteiger charge is -2.25. The van der Waals surface area contributed by atoms with Gasteiger partial charge in [-0.05, 0) is 26.0 Å². The Morgan fingerprint density at radius 3 is 2.29 bits per heavy atom. The van der Waals surface area contributed by atoms with E-state index < -0.39 is 32.2 Å². The molecule has 0 fully saturated rings. The van der Waals surface area contributed by atoms with E-state index in [-0.39, 0.29) is 16.5 Å². The van der Waals surface area contributed by atoms with E-state index in [2.05, 4.69) is 0 Å². The predicted octanol–water partition coefficient (Wildman–Crippen LogP) is 2.08. The minimum Gasteiger partial charge on any atom is -0.478 e. The molecule has 0 spiro atoms. The molecule has 1 aromatic carbocycles. The molecular formula is C12H15Cl2NO5S. The maximum Gasteiger partial charge on any atom is 0.338 e. The third kappa shape index (κ3) is 4.08. The van der Waals surface area contributed by atoms with Crippen LogP contribution < -0.4 is 0 Å². The van der Waals surface area contributed by atoms with Crippen LogP contribution in [-0.2, 0) is 10.0 Å². The summed E-state index contributed by atoms with van der Waals surface area (Å²) < 4.78 is 25.7. The molecule has 9 heteroatoms. The average Bonchev–Trinajstić information content (AvgIpc) is 2.25. The molecule has 2 N–H and O–H groups in total. The van der Waals surface area contributed by atoms with Crippen LogP contribution in [0.5, 0.6) is 0 Å². The summed E-state index contributed by atoms with van der Waals surface area (Å²) in [5.74, 6) is -1.42. The minimum atomic E-state index is -4.06. The maximum atomic E-state index is 12.4. The Bertz CT molecular complexity index is 667. The van der Waals surface area contributed by atoms with Crippen molar-refractivity contribution in [1.82, 2.24) is 4.31 Å². The Kier molecular flexibility index (Phi) is 5.28. The van der Waals surface area contributed by atoms with Gasteiger partial charge in [0.1, 0.15) is 4.90 Å². The van der Waals surface area contributed by atoms with Gasteiger partial charge in [-0.15, -0.1) is 0 Å². The fourth-order valence-corrected chi connectivity index (χ4v) is 3.94. The highest BCUT2D eigenvalue weighted by molar-refractivity contribution is 7.89. The van der Waals surface area contributed by atoms with Crippen molar-refractivity contribution in [3.8, 4) is 0 Å². The average molecular weight is 356 g/mol. The molecule has 1 aromatic rings. The highest BCUT2D eigenvalue weighted by atomic mass is 35.5. The van der Waals surface area contributed by atoms with E-state index in [1.807, 2.05) is 0 Å². The number of nitrogens with zero attached hydrogens (tertiary/aromatic N) is 1. The fourth-order valence-electron chi connectivity index (χ4n) is 1.73. The molecular weight excluding hydrogens is 341 g/mol. The highest BCUT2D eigenvalue weighted by Crippen LogP contribution is 2.32. The third-order valence-electron chi connectivity index (χ3n) is 2.57. The Labute approximate surface area is 132 Å². The number of likely N-dealkylation sites (N-methyl/N-ethyl adjacent to an activating group) is 1. The molecule has 0 saturated carbocycles. The SMILES string of the molecule is CN(CC(C)(C)O)S(=O)(=O)c1ccc(Cl)c(C(=O)O)c1Cl. The van der Waals surface area contributed by atoms with Crippen molar-refractivity contribution in [2.75, 3.05) is 13.6 Å². The van der Waals surface area contributed by atoms with Crippen LogP contribution in [-0.4, -0.2) is 48.1 Å². The lowest BCUT2D eigenvalue weighted by molar-refractivity contribution is 0.0638. The number of hydrogen-bond donors (Lipinski definition) is 2. The molecule has 0 aliphatic carbocycles. The largest absolute Gasteiger partial charge is 0.478 e. The quantitative estimate of drug-likeness (QED) is 0.842. The number of halogens is 2. The van der Waals surface area contributed by atoms with Gasteiger partial charge in [0.25, 0.3) is 0 Å². The first kappa shape index (κ1) is 18.2. The molecule has 21 heavy (non-hydrogen) atoms. The zero-order valence-electron chi connectivity index (χ0n) is 11.6. The van der Waals surface area contributed by atoms with Crippen LogP contribution >= 0.6 is 23.2 Å². The first-order chi connectivity index (χ1) is 9.38. The lowest BCUT2D eigenvalue weighted by atomic mass is 10.1. The van der Waals surface area contributed by atoms with Crippen LogP contribution in [0.15, 0.2) is 17.0 Å². The fraction of sp³-hybridized carbons (Fsp3) is 0.417. The van der Waals surface area contributed by atoms with Crippen molar-refractivity contribution in [2.45, 2.75) is 24.3 Å². The number of carbonyl (C=O) groups is 1. The molecule has 0 amide bonds. The van der Waals surface area contributed by atoms with E-state index in [1.54, 1.807) is 0 Å². The summed E-state index contributed by atoms with van der Waals surface area (Å²) in [7, 11) is -2.79. The van der Waals surface area contributed by atoms with Crippen molar-refractivity contribution in [3.63, 3.8) is 0 Å². The second-order valence-corrected chi connectivity index (χ2v) is 7.91. The summed E-state index contributed by atoms with van der Waals surface area (Å²) in [6.07, 6.45) is 0. The van der Waals surface area contributed by atoms with E-state index in [0.717, 1.165) is 16.4 Å². The van der Waals surface area contributed by atoms with E-state index >= 15 is 0 Å². The second-order valence-electron chi connectivity index (χ2n) is 5.11. The summed E-state index contributed by atoms with van der Waals surface area (Å²) in [4.78, 5) is 10.7. The molecule has 0 radical (unpaired) electrons. The summed E-state index contributed by atoms with van der Waals surface area (Å²) in [6, 6.07) is 2.29. The van der Waals surface area contributed by atoms with E-state index in [4.69, 9.17) is 28.3 Å². The monoisotopic (exact) mass is 355 g/mol. The van der Waals surface area contributed by atoms with Gasteiger partial charge in [0.05, 0.1) is 21.2 Å². The van der Waals surface area contributed by atoms with Crippen LogP contribution in [0.25, 0.3) is 0 Å². The number of aliphatic hydroxyl groups is 1. The van der Waals surface area contributed by atoms with Gasteiger partial charge in [0.2, 0.25) is 10.0 Å². The standard InChI is InChI=1S/C12H15Cl2NO5S/c1-12(2,18)6-15(3)21(19,20)8-5-4-7(13)9(10(8)14)11(16)17/h4-5,18H,6H2,1-3H3,(H,16,17). The first-order valence-corrected chi connectivity index (χ1v) is 7.97. The van der Waals surface area contributed by atoms with Gasteiger partial charge in [0, 0.05) is 13.6 Å². The predicted molar refractivity (Wildman–Crippen MR) is 79.5 cm³/mol. The molecule has 0 aliphatic heterocycles. The number of carboxylic acid groups (broad SMARTS) is 1. The molecule has 0 aromatic heterocycles. The first-order valence-electron chi connectivity index (χ1n) is 5.78. The van der Waals surface area contributed by atoms with Crippen molar-refractivity contribution < 1.29 is 23.4 Å². The summed E-state index contributed by atoms with van der Waals surface area (Å²) in [6.45, 7) is 2.72. The van der Waals surface area contributed by atoms with Crippen molar-refractivity contribution in [3.05, 3.63) is 27.7 Å². The Morgan fingerprint density at radius 2 is 1.86 bits per heavy atom. The lowest BCUT2D eigenvalue weighted by Crippen LogP contribution is -2.39. The Balaban J connectivity index is 3.40. The molecule has 0 unspecified atom stereocenters. The van der Waals surface area contributed by atoms with E-state index in [9.17, 15) is 18.3 Å². The Morgan fingerprint density at radius 1 is 1.33 bits per heavy atom. The molecule has 0 heterocycles. The smallest absolute Gasteiger partial charge is 0.338 e. The number of carboxylic acids is 1. The normalized spacial score (nSPS) is 12.7. The van der Waals surface area contributed by atoms with Gasteiger partial charge >= 0.3 is 5.97 Å². The Hall–Kier alpha value is -0.860. The maximum absolute atomic E-state index is 12.4. The topological polar surface area (TPSA) is 94.9 Å². The minimum absolute atomic E-state index is 0.156. The van der Waals surface area contributed by atoms with Gasteiger partial charge < -0.3 is 10.2 Å². The van der Waals surface area contributed by atoms with Crippen LogP contribution in [0.2, 0.25) is 10.0 Å². The molecule has 0 bridgehead atoms. The van der Waals surface area contributed by atoms with E-state index in [0.29, 0.717) is 0 Å². The molecule has 118 valence electrons. The summed E-state index contributed by atoms with van der Waals surface area (Å²) in [5, 5.41) is 18.1. The van der Waals surface area contributed by atoms with Crippen LogP contribution in [0.3, 0.4) is 0 Å². The zero-order valence-corrected chi connectivity index (χ0v) is 13.9. The number of hydrogen-bond acceptors (Lipinski definition) is 4. The highest BCUT2D eigenvalue weighted by Gasteiger charge is 2.30. The van der Waals surface area contributed by atoms with Crippen LogP contribution in [0.4, 0.5) is 0 Å². The molecule has 1 rings (SSSR count). The molecule has 0 saturated heterocycles. The third-order valence-corrected chi connectivity index (χ3v) is 5.23. The molecule has 0 aliphatic rings. The van der Waals surface area contributed by atoms with Gasteiger partial charge in [-0.3, -0.25) is 0 Å². The van der Waals surface area contributed by atoms with E-state index in [1.165, 1.54) is 20.9 Å². The van der Waals surface area contributed by atoms with Crippen molar-refractivity contribution in [2.24, 2.45) is 0 Å². The number of aromatic carboxylic acids is 1. The van der Waals surface area contributed by atoms with Crippen LogP contribution in [0, 0.1) is 0 Å². The summed E-state index contributed by atoms with van der Waals surface area (Å²) >= 11 is 11.6. The zero-order chi connectivity index (χ0) is 16.6. The van der Waals surface area contributed by atoms with Gasteiger partial charge in [-0.2, -0.15) is 4.31 Å². The van der Waals surface area contributed by atoms with Gasteiger partial charge in [-0.1, -0.05) is 23.2 Å². The van der Waals surface area contributed by atoms with Crippen LogP contribution in [0.1, 0.15) is 24.2 Å².